The van der Waals surface area contributed by atoms with Gasteiger partial charge in [0.05, 0.1) is 0 Å². The van der Waals surface area contributed by atoms with Crippen LogP contribution < -0.4 is 16.0 Å². The van der Waals surface area contributed by atoms with E-state index in [0.717, 1.165) is 4.47 Å². The van der Waals surface area contributed by atoms with Crippen molar-refractivity contribution in [3.8, 4) is 0 Å². The third-order valence-electron chi connectivity index (χ3n) is 3.31. The molecule has 0 saturated heterocycles. The number of hydrogen-bond acceptors (Lipinski definition) is 4. The zero-order valence-corrected chi connectivity index (χ0v) is 17.4. The quantitative estimate of drug-likeness (QED) is 0.640. The molecule has 0 heterocycles. The largest absolute Gasteiger partial charge is 0.444 e. The monoisotopic (exact) mass is 447 g/mol. The zero-order chi connectivity index (χ0) is 20.7. The number of halogens is 1. The van der Waals surface area contributed by atoms with Crippen LogP contribution in [0.3, 0.4) is 0 Å². The molecule has 0 spiro atoms. The van der Waals surface area contributed by atoms with E-state index in [1.807, 2.05) is 6.07 Å². The van der Waals surface area contributed by atoms with Crippen LogP contribution in [0.25, 0.3) is 0 Å². The maximum Gasteiger partial charge on any atom is 0.408 e. The summed E-state index contributed by atoms with van der Waals surface area (Å²) in [6.07, 6.45) is -0.659. The first-order valence-electron chi connectivity index (χ1n) is 8.56. The van der Waals surface area contributed by atoms with Gasteiger partial charge in [-0.2, -0.15) is 0 Å². The second-order valence-electron chi connectivity index (χ2n) is 6.95. The number of rotatable bonds is 5. The Hall–Kier alpha value is -2.87. The smallest absolute Gasteiger partial charge is 0.408 e. The number of anilines is 2. The summed E-state index contributed by atoms with van der Waals surface area (Å²) in [5, 5.41) is 7.82. The molecule has 28 heavy (non-hydrogen) atoms. The van der Waals surface area contributed by atoms with Gasteiger partial charge in [0.15, 0.2) is 0 Å². The van der Waals surface area contributed by atoms with Gasteiger partial charge in [-0.15, -0.1) is 0 Å². The average molecular weight is 448 g/mol. The number of carbonyl (C=O) groups excluding carboxylic acids is 3. The minimum Gasteiger partial charge on any atom is -0.444 e. The first-order valence-corrected chi connectivity index (χ1v) is 9.35. The summed E-state index contributed by atoms with van der Waals surface area (Å²) in [6, 6.07) is 13.7. The fourth-order valence-electron chi connectivity index (χ4n) is 2.14. The summed E-state index contributed by atoms with van der Waals surface area (Å²) >= 11 is 3.33. The van der Waals surface area contributed by atoms with Gasteiger partial charge in [-0.25, -0.2) is 4.79 Å². The molecule has 0 fully saturated rings. The van der Waals surface area contributed by atoms with Gasteiger partial charge >= 0.3 is 6.09 Å². The van der Waals surface area contributed by atoms with Gasteiger partial charge < -0.3 is 20.7 Å². The van der Waals surface area contributed by atoms with Crippen LogP contribution >= 0.6 is 15.9 Å². The Balaban J connectivity index is 1.84. The summed E-state index contributed by atoms with van der Waals surface area (Å²) in [4.78, 5) is 35.7. The fourth-order valence-corrected chi connectivity index (χ4v) is 2.54. The fraction of sp³-hybridized carbons (Fsp3) is 0.250. The highest BCUT2D eigenvalue weighted by molar-refractivity contribution is 9.10. The molecule has 2 aromatic carbocycles. The first kappa shape index (κ1) is 21.4. The average Bonchev–Trinajstić information content (AvgIpc) is 2.60. The van der Waals surface area contributed by atoms with Crippen molar-refractivity contribution >= 4 is 45.2 Å². The Kier molecular flexibility index (Phi) is 7.17. The minimum absolute atomic E-state index is 0.212. The highest BCUT2D eigenvalue weighted by Gasteiger charge is 2.16. The van der Waals surface area contributed by atoms with Crippen LogP contribution in [0.1, 0.15) is 31.1 Å². The highest BCUT2D eigenvalue weighted by atomic mass is 79.9. The molecule has 7 nitrogen and oxygen atoms in total. The van der Waals surface area contributed by atoms with Crippen molar-refractivity contribution in [1.82, 2.24) is 5.32 Å². The summed E-state index contributed by atoms with van der Waals surface area (Å²) < 4.78 is 5.88. The molecule has 0 atom stereocenters. The minimum atomic E-state index is -0.659. The van der Waals surface area contributed by atoms with Crippen molar-refractivity contribution in [2.45, 2.75) is 26.4 Å². The van der Waals surface area contributed by atoms with Gasteiger partial charge in [-0.05, 0) is 63.2 Å². The molecule has 0 aromatic heterocycles. The van der Waals surface area contributed by atoms with E-state index in [1.165, 1.54) is 0 Å². The van der Waals surface area contributed by atoms with Crippen LogP contribution in [0, 0.1) is 0 Å². The molecule has 2 aromatic rings. The van der Waals surface area contributed by atoms with E-state index in [9.17, 15) is 14.4 Å². The number of benzene rings is 2. The predicted molar refractivity (Wildman–Crippen MR) is 111 cm³/mol. The molecular weight excluding hydrogens is 426 g/mol. The van der Waals surface area contributed by atoms with E-state index in [1.54, 1.807) is 63.2 Å². The number of nitrogens with one attached hydrogen (secondary N) is 3. The van der Waals surface area contributed by atoms with Gasteiger partial charge in [0.1, 0.15) is 12.1 Å². The van der Waals surface area contributed by atoms with Crippen molar-refractivity contribution in [3.63, 3.8) is 0 Å². The standard InChI is InChI=1S/C20H22BrN3O4/c1-20(2,3)28-19(27)22-12-17(25)23-15-7-9-16(10-8-15)24-18(26)13-5-4-6-14(21)11-13/h4-11H,12H2,1-3H3,(H,22,27)(H,23,25)(H,24,26). The number of hydrogen-bond donors (Lipinski definition) is 3. The molecule has 0 unspecified atom stereocenters. The third kappa shape index (κ3) is 7.40. The molecule has 0 aliphatic carbocycles. The van der Waals surface area contributed by atoms with E-state index in [0.29, 0.717) is 16.9 Å². The maximum atomic E-state index is 12.2. The van der Waals surface area contributed by atoms with Gasteiger partial charge in [0.2, 0.25) is 5.91 Å². The summed E-state index contributed by atoms with van der Waals surface area (Å²) in [7, 11) is 0. The lowest BCUT2D eigenvalue weighted by Crippen LogP contribution is -2.37. The SMILES string of the molecule is CC(C)(C)OC(=O)NCC(=O)Nc1ccc(NC(=O)c2cccc(Br)c2)cc1. The Morgan fingerprint density at radius 1 is 0.964 bits per heavy atom. The number of carbonyl (C=O) groups is 3. The van der Waals surface area contributed by atoms with E-state index in [2.05, 4.69) is 31.9 Å². The molecule has 0 aliphatic rings. The van der Waals surface area contributed by atoms with Crippen LogP contribution in [0.4, 0.5) is 16.2 Å². The first-order chi connectivity index (χ1) is 13.1. The number of ether oxygens (including phenoxy) is 1. The van der Waals surface area contributed by atoms with Crippen molar-refractivity contribution < 1.29 is 19.1 Å². The summed E-state index contributed by atoms with van der Waals surface area (Å²) in [5.74, 6) is -0.628. The molecule has 0 bridgehead atoms. The molecule has 8 heteroatoms. The molecule has 0 radical (unpaired) electrons. The lowest BCUT2D eigenvalue weighted by molar-refractivity contribution is -0.115. The van der Waals surface area contributed by atoms with Gasteiger partial charge in [0.25, 0.3) is 5.91 Å². The lowest BCUT2D eigenvalue weighted by Gasteiger charge is -2.19. The van der Waals surface area contributed by atoms with Gasteiger partial charge in [-0.3, -0.25) is 9.59 Å². The molecule has 2 rings (SSSR count). The van der Waals surface area contributed by atoms with E-state index >= 15 is 0 Å². The van der Waals surface area contributed by atoms with Crippen molar-refractivity contribution in [1.29, 1.82) is 0 Å². The predicted octanol–water partition coefficient (Wildman–Crippen LogP) is 4.16. The lowest BCUT2D eigenvalue weighted by atomic mass is 10.2. The Morgan fingerprint density at radius 3 is 2.14 bits per heavy atom. The molecule has 0 aliphatic heterocycles. The molecular formula is C20H22BrN3O4. The van der Waals surface area contributed by atoms with Crippen molar-refractivity contribution in [3.05, 3.63) is 58.6 Å². The van der Waals surface area contributed by atoms with Crippen LogP contribution in [-0.2, 0) is 9.53 Å². The number of alkyl carbamates (subject to hydrolysis) is 1. The number of amides is 3. The second kappa shape index (κ2) is 9.36. The van der Waals surface area contributed by atoms with Crippen LogP contribution in [0.5, 0.6) is 0 Å². The molecule has 3 amide bonds. The van der Waals surface area contributed by atoms with Gasteiger partial charge in [0, 0.05) is 21.4 Å². The van der Waals surface area contributed by atoms with Crippen LogP contribution in [0.15, 0.2) is 53.0 Å². The second-order valence-corrected chi connectivity index (χ2v) is 7.86. The summed E-state index contributed by atoms with van der Waals surface area (Å²) in [5.41, 5.74) is 1.03. The molecule has 148 valence electrons. The molecule has 3 N–H and O–H groups in total. The Labute approximate surface area is 172 Å². The van der Waals surface area contributed by atoms with Crippen LogP contribution in [-0.4, -0.2) is 30.1 Å². The normalized spacial score (nSPS) is 10.7. The Morgan fingerprint density at radius 2 is 1.57 bits per heavy atom. The van der Waals surface area contributed by atoms with Crippen molar-refractivity contribution in [2.75, 3.05) is 17.2 Å². The maximum absolute atomic E-state index is 12.2. The molecule has 0 saturated carbocycles. The van der Waals surface area contributed by atoms with E-state index < -0.39 is 17.6 Å². The van der Waals surface area contributed by atoms with Gasteiger partial charge in [-0.1, -0.05) is 22.0 Å². The van der Waals surface area contributed by atoms with E-state index in [-0.39, 0.29) is 12.5 Å². The van der Waals surface area contributed by atoms with Crippen LogP contribution in [0.2, 0.25) is 0 Å². The Bertz CT molecular complexity index is 860. The zero-order valence-electron chi connectivity index (χ0n) is 15.8. The van der Waals surface area contributed by atoms with E-state index in [4.69, 9.17) is 4.74 Å². The van der Waals surface area contributed by atoms with Crippen molar-refractivity contribution in [2.24, 2.45) is 0 Å². The summed E-state index contributed by atoms with van der Waals surface area (Å²) in [6.45, 7) is 5.01. The topological polar surface area (TPSA) is 96.5 Å². The third-order valence-corrected chi connectivity index (χ3v) is 3.80. The highest BCUT2D eigenvalue weighted by Crippen LogP contribution is 2.16.